The third kappa shape index (κ3) is 2.64. The molecule has 106 valence electrons. The SMILES string of the molecule is CC1SCC(c2noc(-c3ccncc3O)n2)SC1C. The summed E-state index contributed by atoms with van der Waals surface area (Å²) >= 11 is 3.82. The summed E-state index contributed by atoms with van der Waals surface area (Å²) in [5.74, 6) is 2.08. The van der Waals surface area contributed by atoms with Crippen molar-refractivity contribution in [2.45, 2.75) is 29.6 Å². The van der Waals surface area contributed by atoms with Gasteiger partial charge in [-0.25, -0.2) is 0 Å². The molecule has 0 amide bonds. The van der Waals surface area contributed by atoms with E-state index >= 15 is 0 Å². The zero-order chi connectivity index (χ0) is 14.1. The first-order chi connectivity index (χ1) is 9.65. The van der Waals surface area contributed by atoms with E-state index in [9.17, 15) is 5.11 Å². The maximum absolute atomic E-state index is 9.76. The average molecular weight is 309 g/mol. The molecule has 7 heteroatoms. The van der Waals surface area contributed by atoms with Crippen LogP contribution in [0.1, 0.15) is 24.9 Å². The van der Waals surface area contributed by atoms with Crippen LogP contribution in [0.4, 0.5) is 0 Å². The maximum atomic E-state index is 9.76. The first kappa shape index (κ1) is 13.8. The number of rotatable bonds is 2. The van der Waals surface area contributed by atoms with Crippen LogP contribution in [0.2, 0.25) is 0 Å². The molecule has 0 bridgehead atoms. The van der Waals surface area contributed by atoms with Gasteiger partial charge in [0.25, 0.3) is 5.89 Å². The molecule has 2 aromatic rings. The fourth-order valence-corrected chi connectivity index (χ4v) is 4.79. The molecular formula is C13H15N3O2S2. The van der Waals surface area contributed by atoms with Gasteiger partial charge >= 0.3 is 0 Å². The molecule has 2 aromatic heterocycles. The van der Waals surface area contributed by atoms with Crippen LogP contribution in [0.25, 0.3) is 11.5 Å². The molecule has 20 heavy (non-hydrogen) atoms. The average Bonchev–Trinajstić information content (AvgIpc) is 2.92. The number of hydrogen-bond donors (Lipinski definition) is 1. The van der Waals surface area contributed by atoms with E-state index in [1.807, 2.05) is 23.5 Å². The van der Waals surface area contributed by atoms with E-state index in [1.54, 1.807) is 12.3 Å². The fraction of sp³-hybridized carbons (Fsp3) is 0.462. The lowest BCUT2D eigenvalue weighted by molar-refractivity contribution is 0.417. The van der Waals surface area contributed by atoms with E-state index in [0.29, 0.717) is 27.8 Å². The Bertz CT molecular complexity index is 605. The molecule has 0 radical (unpaired) electrons. The highest BCUT2D eigenvalue weighted by Gasteiger charge is 2.30. The van der Waals surface area contributed by atoms with Gasteiger partial charge in [0, 0.05) is 22.4 Å². The highest BCUT2D eigenvalue weighted by molar-refractivity contribution is 8.07. The van der Waals surface area contributed by atoms with Crippen LogP contribution >= 0.6 is 23.5 Å². The minimum Gasteiger partial charge on any atom is -0.505 e. The van der Waals surface area contributed by atoms with E-state index in [4.69, 9.17) is 4.52 Å². The van der Waals surface area contributed by atoms with Gasteiger partial charge in [0.05, 0.1) is 17.0 Å². The monoisotopic (exact) mass is 309 g/mol. The summed E-state index contributed by atoms with van der Waals surface area (Å²) in [6, 6.07) is 1.67. The molecule has 1 aliphatic rings. The van der Waals surface area contributed by atoms with Gasteiger partial charge in [-0.3, -0.25) is 4.98 Å². The first-order valence-electron chi connectivity index (χ1n) is 6.39. The summed E-state index contributed by atoms with van der Waals surface area (Å²) in [7, 11) is 0. The second-order valence-corrected chi connectivity index (χ2v) is 7.71. The van der Waals surface area contributed by atoms with E-state index in [-0.39, 0.29) is 11.0 Å². The molecule has 0 aliphatic carbocycles. The Kier molecular flexibility index (Phi) is 3.89. The summed E-state index contributed by atoms with van der Waals surface area (Å²) < 4.78 is 5.28. The van der Waals surface area contributed by atoms with Gasteiger partial charge in [0.2, 0.25) is 0 Å². The lowest BCUT2D eigenvalue weighted by Gasteiger charge is -2.29. The third-order valence-corrected chi connectivity index (χ3v) is 6.70. The predicted molar refractivity (Wildman–Crippen MR) is 80.9 cm³/mol. The van der Waals surface area contributed by atoms with Crippen LogP contribution < -0.4 is 0 Å². The molecule has 0 saturated carbocycles. The third-order valence-electron chi connectivity index (χ3n) is 3.31. The lowest BCUT2D eigenvalue weighted by atomic mass is 10.2. The van der Waals surface area contributed by atoms with Crippen LogP contribution in [0.3, 0.4) is 0 Å². The Hall–Kier alpha value is -1.21. The fourth-order valence-electron chi connectivity index (χ4n) is 1.96. The largest absolute Gasteiger partial charge is 0.505 e. The summed E-state index contributed by atoms with van der Waals surface area (Å²) in [6.45, 7) is 4.47. The van der Waals surface area contributed by atoms with Crippen LogP contribution in [0.5, 0.6) is 5.75 Å². The molecule has 0 spiro atoms. The Morgan fingerprint density at radius 2 is 2.20 bits per heavy atom. The van der Waals surface area contributed by atoms with Crippen molar-refractivity contribution < 1.29 is 9.63 Å². The first-order valence-corrected chi connectivity index (χ1v) is 8.38. The molecule has 3 unspecified atom stereocenters. The van der Waals surface area contributed by atoms with Crippen molar-refractivity contribution in [3.05, 3.63) is 24.3 Å². The summed E-state index contributed by atoms with van der Waals surface area (Å²) in [5, 5.41) is 15.3. The lowest BCUT2D eigenvalue weighted by Crippen LogP contribution is -2.22. The number of hydrogen-bond acceptors (Lipinski definition) is 7. The minimum atomic E-state index is 0.0513. The molecule has 3 heterocycles. The zero-order valence-electron chi connectivity index (χ0n) is 11.2. The molecule has 1 N–H and O–H groups in total. The molecule has 1 fully saturated rings. The number of nitrogens with zero attached hydrogens (tertiary/aromatic N) is 3. The number of thioether (sulfide) groups is 2. The highest BCUT2D eigenvalue weighted by atomic mass is 32.2. The molecule has 5 nitrogen and oxygen atoms in total. The van der Waals surface area contributed by atoms with Crippen molar-refractivity contribution in [3.63, 3.8) is 0 Å². The van der Waals surface area contributed by atoms with Crippen molar-refractivity contribution in [2.75, 3.05) is 5.75 Å². The number of pyridine rings is 1. The van der Waals surface area contributed by atoms with Gasteiger partial charge in [-0.05, 0) is 6.07 Å². The van der Waals surface area contributed by atoms with Crippen LogP contribution in [0, 0.1) is 0 Å². The van der Waals surface area contributed by atoms with Crippen LogP contribution in [-0.4, -0.2) is 36.5 Å². The van der Waals surface area contributed by atoms with E-state index < -0.39 is 0 Å². The Morgan fingerprint density at radius 3 is 2.95 bits per heavy atom. The molecule has 1 saturated heterocycles. The second-order valence-electron chi connectivity index (χ2n) is 4.72. The smallest absolute Gasteiger partial charge is 0.261 e. The van der Waals surface area contributed by atoms with Gasteiger partial charge in [-0.2, -0.15) is 16.7 Å². The van der Waals surface area contributed by atoms with E-state index in [2.05, 4.69) is 29.0 Å². The van der Waals surface area contributed by atoms with Gasteiger partial charge in [0.1, 0.15) is 5.75 Å². The quantitative estimate of drug-likeness (QED) is 0.913. The van der Waals surface area contributed by atoms with Gasteiger partial charge in [0.15, 0.2) is 5.82 Å². The topological polar surface area (TPSA) is 72.0 Å². The number of aromatic nitrogens is 3. The Labute approximate surface area is 125 Å². The molecular weight excluding hydrogens is 294 g/mol. The Morgan fingerprint density at radius 1 is 1.35 bits per heavy atom. The molecule has 3 rings (SSSR count). The number of aromatic hydroxyl groups is 1. The van der Waals surface area contributed by atoms with Crippen LogP contribution in [-0.2, 0) is 0 Å². The summed E-state index contributed by atoms with van der Waals surface area (Å²) in [6.07, 6.45) is 2.96. The highest BCUT2D eigenvalue weighted by Crippen LogP contribution is 2.43. The second kappa shape index (κ2) is 5.65. The zero-order valence-corrected chi connectivity index (χ0v) is 12.8. The van der Waals surface area contributed by atoms with E-state index in [1.165, 1.54) is 6.20 Å². The van der Waals surface area contributed by atoms with Gasteiger partial charge < -0.3 is 9.63 Å². The van der Waals surface area contributed by atoms with E-state index in [0.717, 1.165) is 5.75 Å². The standard InChI is InChI=1S/C13H15N3O2S2/c1-7-8(2)20-11(6-19-7)12-15-13(18-16-12)9-3-4-14-5-10(9)17/h3-5,7-8,11,17H,6H2,1-2H3. The van der Waals surface area contributed by atoms with Crippen molar-refractivity contribution in [3.8, 4) is 17.2 Å². The van der Waals surface area contributed by atoms with Gasteiger partial charge in [-0.15, -0.1) is 11.8 Å². The Balaban J connectivity index is 1.82. The molecule has 0 aromatic carbocycles. The van der Waals surface area contributed by atoms with Gasteiger partial charge in [-0.1, -0.05) is 19.0 Å². The summed E-state index contributed by atoms with van der Waals surface area (Å²) in [4.78, 5) is 8.26. The normalized spacial score (nSPS) is 26.6. The molecule has 3 atom stereocenters. The van der Waals surface area contributed by atoms with Crippen molar-refractivity contribution in [1.29, 1.82) is 0 Å². The molecule has 1 aliphatic heterocycles. The van der Waals surface area contributed by atoms with Crippen molar-refractivity contribution in [1.82, 2.24) is 15.1 Å². The van der Waals surface area contributed by atoms with Crippen molar-refractivity contribution >= 4 is 23.5 Å². The van der Waals surface area contributed by atoms with Crippen molar-refractivity contribution in [2.24, 2.45) is 0 Å². The predicted octanol–water partition coefficient (Wildman–Crippen LogP) is 3.14. The summed E-state index contributed by atoms with van der Waals surface area (Å²) in [5.41, 5.74) is 0.522. The minimum absolute atomic E-state index is 0.0513. The maximum Gasteiger partial charge on any atom is 0.261 e. The van der Waals surface area contributed by atoms with Crippen LogP contribution in [0.15, 0.2) is 23.0 Å².